The molecule has 0 unspecified atom stereocenters. The number of nitrogens with zero attached hydrogens (tertiary/aromatic N) is 6. The molecule has 0 aliphatic rings. The zero-order valence-electron chi connectivity index (χ0n) is 21.9. The van der Waals surface area contributed by atoms with E-state index >= 15 is 0 Å². The fraction of sp³-hybridized carbons (Fsp3) is 0. The molecule has 0 atom stereocenters. The van der Waals surface area contributed by atoms with Gasteiger partial charge in [-0.15, -0.1) is 0 Å². The summed E-state index contributed by atoms with van der Waals surface area (Å²) < 4.78 is 0. The van der Waals surface area contributed by atoms with Gasteiger partial charge < -0.3 is 15.3 Å². The molecule has 0 aliphatic carbocycles. The van der Waals surface area contributed by atoms with Crippen LogP contribution in [0.25, 0.3) is 0 Å². The molecule has 1 radical (unpaired) electrons. The van der Waals surface area contributed by atoms with Crippen molar-refractivity contribution in [3.05, 3.63) is 132 Å². The van der Waals surface area contributed by atoms with E-state index in [-0.39, 0.29) is 32.7 Å². The van der Waals surface area contributed by atoms with Crippen LogP contribution in [0.4, 0.5) is 34.1 Å². The minimum atomic E-state index is -1.46. The van der Waals surface area contributed by atoms with Gasteiger partial charge in [0.2, 0.25) is 0 Å². The van der Waals surface area contributed by atoms with Crippen molar-refractivity contribution < 1.29 is 92.0 Å². The summed E-state index contributed by atoms with van der Waals surface area (Å²) >= 11 is 0. The molecule has 3 N–H and O–H groups in total. The average molecular weight is 725 g/mol. The zero-order valence-corrected chi connectivity index (χ0v) is 24.8. The van der Waals surface area contributed by atoms with Crippen molar-refractivity contribution in [1.82, 2.24) is 0 Å². The second-order valence-electron chi connectivity index (χ2n) is 7.67. The molecule has 0 saturated carbocycles. The largest absolute Gasteiger partial charge is 0.478 e. The molecule has 3 aromatic rings. The Kier molecular flexibility index (Phi) is 14.6. The first-order chi connectivity index (χ1) is 20.7. The third kappa shape index (κ3) is 11.7. The Labute approximate surface area is 275 Å². The number of non-ortho nitro benzene ring substituents is 6. The Morgan fingerprint density at radius 2 is 0.500 bits per heavy atom. The molecule has 0 saturated heterocycles. The number of carbonyl (C=O) groups is 3. The van der Waals surface area contributed by atoms with Crippen molar-refractivity contribution in [2.45, 2.75) is 0 Å². The van der Waals surface area contributed by atoms with Crippen LogP contribution in [0.1, 0.15) is 31.1 Å². The predicted molar refractivity (Wildman–Crippen MR) is 140 cm³/mol. The molecule has 3 aromatic carbocycles. The van der Waals surface area contributed by atoms with Crippen molar-refractivity contribution >= 4 is 52.0 Å². The Hall–Kier alpha value is -6.43. The van der Waals surface area contributed by atoms with E-state index in [1.54, 1.807) is 0 Å². The smallest absolute Gasteiger partial charge is 0.336 e. The first kappa shape index (κ1) is 39.6. The quantitative estimate of drug-likeness (QED) is 0.209. The number of benzene rings is 3. The Morgan fingerprint density at radius 1 is 0.370 bits per heavy atom. The van der Waals surface area contributed by atoms with E-state index in [0.29, 0.717) is 18.2 Å². The Morgan fingerprint density at radius 3 is 0.587 bits per heavy atom. The van der Waals surface area contributed by atoms with Gasteiger partial charge in [0.1, 0.15) is 0 Å². The maximum atomic E-state index is 10.5. The molecule has 0 amide bonds. The first-order valence-electron chi connectivity index (χ1n) is 10.8. The van der Waals surface area contributed by atoms with E-state index in [1.807, 2.05) is 0 Å². The number of nitro groups is 6. The minimum Gasteiger partial charge on any atom is -0.478 e. The number of carboxylic acid groups (broad SMARTS) is 3. The van der Waals surface area contributed by atoms with Gasteiger partial charge in [0.15, 0.2) is 0 Å². The van der Waals surface area contributed by atoms with Gasteiger partial charge in [-0.2, -0.15) is 0 Å². The van der Waals surface area contributed by atoms with Crippen LogP contribution in [0.5, 0.6) is 0 Å². The van der Waals surface area contributed by atoms with Gasteiger partial charge >= 0.3 is 17.9 Å². The summed E-state index contributed by atoms with van der Waals surface area (Å²) in [6.07, 6.45) is 0. The van der Waals surface area contributed by atoms with Gasteiger partial charge in [0.25, 0.3) is 34.1 Å². The average Bonchev–Trinajstić information content (AvgIpc) is 2.96. The Balaban J connectivity index is 0.000000653. The molecule has 237 valence electrons. The maximum absolute atomic E-state index is 10.5. The van der Waals surface area contributed by atoms with Crippen LogP contribution in [-0.2, 0) is 32.7 Å². The normalized spacial score (nSPS) is 9.39. The van der Waals surface area contributed by atoms with Crippen LogP contribution in [0.2, 0.25) is 0 Å². The van der Waals surface area contributed by atoms with Crippen LogP contribution in [0.3, 0.4) is 0 Å². The third-order valence-corrected chi connectivity index (χ3v) is 4.71. The number of rotatable bonds is 9. The standard InChI is InChI=1S/3C7H4N2O6.Y/c3*10-7(11)4-1-5(8(12)13)3-6(2-4)9(14)15;/h3*1-3H,(H,10,11);. The number of aromatic carboxylic acids is 3. The molecule has 46 heavy (non-hydrogen) atoms. The zero-order chi connectivity index (χ0) is 34.8. The van der Waals surface area contributed by atoms with E-state index < -0.39 is 98.3 Å². The summed E-state index contributed by atoms with van der Waals surface area (Å²) in [5, 5.41) is 87.7. The molecule has 24 nitrogen and oxygen atoms in total. The summed E-state index contributed by atoms with van der Waals surface area (Å²) in [6, 6.07) is 6.66. The summed E-state index contributed by atoms with van der Waals surface area (Å²) in [4.78, 5) is 88.2. The van der Waals surface area contributed by atoms with Gasteiger partial charge in [0, 0.05) is 69.1 Å². The molecule has 0 fully saturated rings. The molecule has 0 aromatic heterocycles. The number of nitro benzene ring substituents is 6. The summed E-state index contributed by atoms with van der Waals surface area (Å²) in [5.41, 5.74) is -5.21. The molecule has 0 heterocycles. The van der Waals surface area contributed by atoms with Gasteiger partial charge in [-0.1, -0.05) is 0 Å². The van der Waals surface area contributed by atoms with E-state index in [1.165, 1.54) is 0 Å². The van der Waals surface area contributed by atoms with E-state index in [4.69, 9.17) is 15.3 Å². The first-order valence-corrected chi connectivity index (χ1v) is 10.8. The van der Waals surface area contributed by atoms with Crippen LogP contribution >= 0.6 is 0 Å². The molecule has 3 rings (SSSR count). The van der Waals surface area contributed by atoms with Crippen molar-refractivity contribution in [3.8, 4) is 0 Å². The molecular weight excluding hydrogens is 713 g/mol. The van der Waals surface area contributed by atoms with Crippen LogP contribution in [0, 0.1) is 60.7 Å². The number of hydrogen-bond acceptors (Lipinski definition) is 15. The Bertz CT molecular complexity index is 1340. The fourth-order valence-corrected chi connectivity index (χ4v) is 2.79. The monoisotopic (exact) mass is 725 g/mol. The third-order valence-electron chi connectivity index (χ3n) is 4.71. The summed E-state index contributed by atoms with van der Waals surface area (Å²) in [7, 11) is 0. The van der Waals surface area contributed by atoms with Crippen molar-refractivity contribution in [2.75, 3.05) is 0 Å². The molecular formula is C21H12N6O18Y. The van der Waals surface area contributed by atoms with Gasteiger partial charge in [-0.3, -0.25) is 60.7 Å². The summed E-state index contributed by atoms with van der Waals surface area (Å²) in [5.74, 6) is -4.37. The van der Waals surface area contributed by atoms with Crippen molar-refractivity contribution in [3.63, 3.8) is 0 Å². The van der Waals surface area contributed by atoms with Gasteiger partial charge in [0.05, 0.1) is 64.4 Å². The van der Waals surface area contributed by atoms with Crippen LogP contribution in [0.15, 0.2) is 54.6 Å². The molecule has 25 heteroatoms. The number of carboxylic acids is 3. The topological polar surface area (TPSA) is 371 Å². The second-order valence-corrected chi connectivity index (χ2v) is 7.67. The van der Waals surface area contributed by atoms with E-state index in [0.717, 1.165) is 36.4 Å². The van der Waals surface area contributed by atoms with Gasteiger partial charge in [-0.25, -0.2) is 14.4 Å². The minimum absolute atomic E-state index is 0. The predicted octanol–water partition coefficient (Wildman–Crippen LogP) is 3.60. The van der Waals surface area contributed by atoms with Crippen molar-refractivity contribution in [1.29, 1.82) is 0 Å². The van der Waals surface area contributed by atoms with E-state index in [2.05, 4.69) is 0 Å². The van der Waals surface area contributed by atoms with Gasteiger partial charge in [-0.05, 0) is 0 Å². The second kappa shape index (κ2) is 17.0. The fourth-order valence-electron chi connectivity index (χ4n) is 2.79. The van der Waals surface area contributed by atoms with Crippen molar-refractivity contribution in [2.24, 2.45) is 0 Å². The molecule has 0 spiro atoms. The number of hydrogen-bond donors (Lipinski definition) is 3. The van der Waals surface area contributed by atoms with E-state index in [9.17, 15) is 75.1 Å². The maximum Gasteiger partial charge on any atom is 0.336 e. The van der Waals surface area contributed by atoms with Crippen LogP contribution < -0.4 is 0 Å². The summed E-state index contributed by atoms with van der Waals surface area (Å²) in [6.45, 7) is 0. The molecule has 0 bridgehead atoms. The van der Waals surface area contributed by atoms with Crippen LogP contribution in [-0.4, -0.2) is 62.8 Å². The molecule has 0 aliphatic heterocycles. The SMILES string of the molecule is O=C(O)c1cc([N+](=O)[O-])cc([N+](=O)[O-])c1.O=C(O)c1cc([N+](=O)[O-])cc([N+](=O)[O-])c1.O=C(O)c1cc([N+](=O)[O-])cc([N+](=O)[O-])c1.[Y].